The Morgan fingerprint density at radius 2 is 2.00 bits per heavy atom. The summed E-state index contributed by atoms with van der Waals surface area (Å²) in [6.45, 7) is 4.37. The molecule has 2 N–H and O–H groups in total. The van der Waals surface area contributed by atoms with Gasteiger partial charge in [-0.15, -0.1) is 0 Å². The van der Waals surface area contributed by atoms with Crippen LogP contribution in [0, 0.1) is 11.3 Å². The number of piperidine rings is 1. The van der Waals surface area contributed by atoms with E-state index in [1.54, 1.807) is 11.0 Å². The number of carboxylic acids is 1. The van der Waals surface area contributed by atoms with E-state index in [-0.39, 0.29) is 31.0 Å². The largest absolute Gasteiger partial charge is 0.481 e. The minimum absolute atomic E-state index is 0.0130. The summed E-state index contributed by atoms with van der Waals surface area (Å²) in [7, 11) is 0. The quantitative estimate of drug-likeness (QED) is 0.797. The monoisotopic (exact) mass is 373 g/mol. The lowest BCUT2D eigenvalue weighted by molar-refractivity contribution is -0.165. The Labute approximate surface area is 151 Å². The zero-order valence-electron chi connectivity index (χ0n) is 15.1. The van der Waals surface area contributed by atoms with Crippen molar-refractivity contribution in [2.24, 2.45) is 11.3 Å². The first-order valence-corrected chi connectivity index (χ1v) is 8.85. The Balaban J connectivity index is 2.23. The Bertz CT molecular complexity index is 633. The van der Waals surface area contributed by atoms with Crippen LogP contribution in [0.4, 0.5) is 13.2 Å². The Morgan fingerprint density at radius 3 is 2.58 bits per heavy atom. The average molecular weight is 373 g/mol. The molecular formula is C19H26F3NO3. The molecule has 0 amide bonds. The van der Waals surface area contributed by atoms with Crippen LogP contribution in [0.25, 0.3) is 0 Å². The molecule has 0 spiro atoms. The second-order valence-corrected chi connectivity index (χ2v) is 7.56. The van der Waals surface area contributed by atoms with Crippen molar-refractivity contribution in [3.63, 3.8) is 0 Å². The summed E-state index contributed by atoms with van der Waals surface area (Å²) in [6, 6.07) is 5.35. The number of carboxylic acid groups (broad SMARTS) is 1. The molecule has 2 atom stereocenters. The fraction of sp³-hybridized carbons (Fsp3) is 0.632. The summed E-state index contributed by atoms with van der Waals surface area (Å²) in [5.74, 6) is -0.806. The summed E-state index contributed by atoms with van der Waals surface area (Å²) >= 11 is 0. The number of nitrogens with zero attached hydrogens (tertiary/aromatic N) is 1. The van der Waals surface area contributed by atoms with Crippen LogP contribution in [0.3, 0.4) is 0 Å². The van der Waals surface area contributed by atoms with E-state index in [4.69, 9.17) is 0 Å². The Hall–Kier alpha value is -1.60. The molecule has 0 aromatic heterocycles. The van der Waals surface area contributed by atoms with Gasteiger partial charge in [0.1, 0.15) is 5.41 Å². The maximum atomic E-state index is 13.2. The molecule has 2 rings (SSSR count). The molecule has 1 fully saturated rings. The highest BCUT2D eigenvalue weighted by molar-refractivity contribution is 5.76. The zero-order chi connectivity index (χ0) is 19.5. The minimum atomic E-state index is -4.45. The normalized spacial score (nSPS) is 24.8. The van der Waals surface area contributed by atoms with E-state index < -0.39 is 29.2 Å². The van der Waals surface area contributed by atoms with Crippen LogP contribution in [-0.4, -0.2) is 40.3 Å². The second-order valence-electron chi connectivity index (χ2n) is 7.56. The van der Waals surface area contributed by atoms with E-state index >= 15 is 0 Å². The van der Waals surface area contributed by atoms with Gasteiger partial charge in [-0.25, -0.2) is 0 Å². The van der Waals surface area contributed by atoms with Crippen molar-refractivity contribution in [2.75, 3.05) is 13.1 Å². The lowest BCUT2D eigenvalue weighted by Gasteiger charge is -2.44. The van der Waals surface area contributed by atoms with E-state index in [9.17, 15) is 28.2 Å². The predicted octanol–water partition coefficient (Wildman–Crippen LogP) is 3.78. The number of alkyl halides is 3. The van der Waals surface area contributed by atoms with Crippen LogP contribution in [0.5, 0.6) is 0 Å². The van der Waals surface area contributed by atoms with Crippen LogP contribution >= 0.6 is 0 Å². The van der Waals surface area contributed by atoms with Gasteiger partial charge in [0.05, 0.1) is 11.7 Å². The Morgan fingerprint density at radius 1 is 1.35 bits per heavy atom. The number of aliphatic hydroxyl groups is 1. The molecule has 1 aliphatic heterocycles. The summed E-state index contributed by atoms with van der Waals surface area (Å²) in [6.07, 6.45) is -4.27. The molecule has 146 valence electrons. The molecule has 7 heteroatoms. The topological polar surface area (TPSA) is 60.8 Å². The number of hydrogen-bond acceptors (Lipinski definition) is 3. The van der Waals surface area contributed by atoms with E-state index in [1.807, 2.05) is 13.8 Å². The summed E-state index contributed by atoms with van der Waals surface area (Å²) in [5, 5.41) is 20.2. The van der Waals surface area contributed by atoms with Gasteiger partial charge in [0.2, 0.25) is 0 Å². The summed E-state index contributed by atoms with van der Waals surface area (Å²) in [4.78, 5) is 13.7. The van der Waals surface area contributed by atoms with Crippen LogP contribution in [0.15, 0.2) is 24.3 Å². The average Bonchev–Trinajstić information content (AvgIpc) is 2.54. The lowest BCUT2D eigenvalue weighted by atomic mass is 9.72. The third-order valence-electron chi connectivity index (χ3n) is 5.17. The second kappa shape index (κ2) is 7.96. The molecule has 1 aliphatic rings. The van der Waals surface area contributed by atoms with Crippen molar-refractivity contribution >= 4 is 5.97 Å². The number of likely N-dealkylation sites (tertiary alicyclic amines) is 1. The highest BCUT2D eigenvalue weighted by atomic mass is 19.4. The summed E-state index contributed by atoms with van der Waals surface area (Å²) in [5.41, 5.74) is -1.91. The van der Waals surface area contributed by atoms with Crippen molar-refractivity contribution in [2.45, 2.75) is 51.9 Å². The van der Waals surface area contributed by atoms with Gasteiger partial charge in [0.25, 0.3) is 0 Å². The van der Waals surface area contributed by atoms with Crippen molar-refractivity contribution in [3.05, 3.63) is 35.4 Å². The molecule has 26 heavy (non-hydrogen) atoms. The van der Waals surface area contributed by atoms with E-state index in [2.05, 4.69) is 0 Å². The standard InChI is InChI=1S/C19H26F3NO3/c1-13(2)7-9-18(17(25)26)12-23(10-8-16(18)24)11-14-5-3-4-6-15(14)19(20,21)22/h3-6,13,16,24H,7-12H2,1-2H3,(H,25,26)/t16-,18-/m1/s1. The third kappa shape index (κ3) is 4.57. The molecular weight excluding hydrogens is 347 g/mol. The molecule has 0 unspecified atom stereocenters. The van der Waals surface area contributed by atoms with Crippen molar-refractivity contribution in [1.29, 1.82) is 0 Å². The SMILES string of the molecule is CC(C)CC[C@@]1(C(=O)O)CN(Cc2ccccc2C(F)(F)F)CC[C@H]1O. The fourth-order valence-corrected chi connectivity index (χ4v) is 3.58. The van der Waals surface area contributed by atoms with Gasteiger partial charge in [-0.05, 0) is 36.8 Å². The zero-order valence-corrected chi connectivity index (χ0v) is 15.1. The first-order chi connectivity index (χ1) is 12.1. The molecule has 1 aromatic carbocycles. The Kier molecular flexibility index (Phi) is 6.34. The van der Waals surface area contributed by atoms with Gasteiger partial charge in [0, 0.05) is 19.6 Å². The highest BCUT2D eigenvalue weighted by Crippen LogP contribution is 2.38. The number of carbonyl (C=O) groups is 1. The third-order valence-corrected chi connectivity index (χ3v) is 5.17. The number of aliphatic carboxylic acids is 1. The maximum absolute atomic E-state index is 13.2. The van der Waals surface area contributed by atoms with Gasteiger partial charge in [-0.3, -0.25) is 9.69 Å². The molecule has 0 saturated carbocycles. The fourth-order valence-electron chi connectivity index (χ4n) is 3.58. The van der Waals surface area contributed by atoms with Crippen LogP contribution < -0.4 is 0 Å². The summed E-state index contributed by atoms with van der Waals surface area (Å²) < 4.78 is 39.6. The minimum Gasteiger partial charge on any atom is -0.481 e. The van der Waals surface area contributed by atoms with Gasteiger partial charge in [0.15, 0.2) is 0 Å². The molecule has 1 aromatic rings. The van der Waals surface area contributed by atoms with E-state index in [1.165, 1.54) is 12.1 Å². The molecule has 1 saturated heterocycles. The van der Waals surface area contributed by atoms with E-state index in [0.717, 1.165) is 6.07 Å². The number of halogens is 3. The number of aliphatic hydroxyl groups excluding tert-OH is 1. The van der Waals surface area contributed by atoms with Crippen molar-refractivity contribution < 1.29 is 28.2 Å². The number of hydrogen-bond donors (Lipinski definition) is 2. The van der Waals surface area contributed by atoms with Crippen LogP contribution in [-0.2, 0) is 17.5 Å². The first kappa shape index (κ1) is 20.7. The van der Waals surface area contributed by atoms with Gasteiger partial charge >= 0.3 is 12.1 Å². The van der Waals surface area contributed by atoms with E-state index in [0.29, 0.717) is 19.4 Å². The molecule has 0 bridgehead atoms. The smallest absolute Gasteiger partial charge is 0.416 e. The van der Waals surface area contributed by atoms with Crippen molar-refractivity contribution in [3.8, 4) is 0 Å². The van der Waals surface area contributed by atoms with Crippen LogP contribution in [0.2, 0.25) is 0 Å². The van der Waals surface area contributed by atoms with Gasteiger partial charge in [-0.2, -0.15) is 13.2 Å². The maximum Gasteiger partial charge on any atom is 0.416 e. The van der Waals surface area contributed by atoms with Gasteiger partial charge < -0.3 is 10.2 Å². The lowest BCUT2D eigenvalue weighted by Crippen LogP contribution is -2.55. The van der Waals surface area contributed by atoms with Crippen LogP contribution in [0.1, 0.15) is 44.2 Å². The van der Waals surface area contributed by atoms with Crippen molar-refractivity contribution in [1.82, 2.24) is 4.90 Å². The molecule has 1 heterocycles. The molecule has 0 aliphatic carbocycles. The number of benzene rings is 1. The number of rotatable bonds is 6. The predicted molar refractivity (Wildman–Crippen MR) is 91.5 cm³/mol. The highest BCUT2D eigenvalue weighted by Gasteiger charge is 2.49. The molecule has 0 radical (unpaired) electrons. The van der Waals surface area contributed by atoms with Gasteiger partial charge in [-0.1, -0.05) is 32.0 Å². The molecule has 4 nitrogen and oxygen atoms in total. The first-order valence-electron chi connectivity index (χ1n) is 8.85.